The molecule has 2 fully saturated rings. The Morgan fingerprint density at radius 3 is 2.70 bits per heavy atom. The van der Waals surface area contributed by atoms with E-state index in [1.54, 1.807) is 6.08 Å². The first-order valence-corrected chi connectivity index (χ1v) is 3.97. The fourth-order valence-corrected chi connectivity index (χ4v) is 2.44. The topological polar surface area (TPSA) is 29.4 Å². The molecule has 10 heavy (non-hydrogen) atoms. The third-order valence-electron chi connectivity index (χ3n) is 2.92. The van der Waals surface area contributed by atoms with Gasteiger partial charge >= 0.3 is 0 Å². The van der Waals surface area contributed by atoms with Crippen molar-refractivity contribution in [1.82, 2.24) is 0 Å². The summed E-state index contributed by atoms with van der Waals surface area (Å²) in [7, 11) is 0. The first-order valence-electron chi connectivity index (χ1n) is 3.97. The van der Waals surface area contributed by atoms with Gasteiger partial charge in [0, 0.05) is 0 Å². The summed E-state index contributed by atoms with van der Waals surface area (Å²) in [6.07, 6.45) is 6.80. The van der Waals surface area contributed by atoms with Crippen LogP contribution in [0, 0.1) is 11.8 Å². The Morgan fingerprint density at radius 1 is 1.30 bits per heavy atom. The van der Waals surface area contributed by atoms with E-state index in [1.807, 2.05) is 0 Å². The minimum Gasteiger partial charge on any atom is -0.211 e. The fourth-order valence-electron chi connectivity index (χ4n) is 2.44. The molecule has 2 saturated carbocycles. The van der Waals surface area contributed by atoms with Crippen molar-refractivity contribution in [3.05, 3.63) is 0 Å². The predicted octanol–water partition coefficient (Wildman–Crippen LogP) is 1.51. The highest BCUT2D eigenvalue weighted by Crippen LogP contribution is 2.45. The van der Waals surface area contributed by atoms with Crippen LogP contribution in [0.15, 0.2) is 4.99 Å². The van der Waals surface area contributed by atoms with Crippen LogP contribution in [0.25, 0.3) is 0 Å². The van der Waals surface area contributed by atoms with E-state index in [2.05, 4.69) is 4.99 Å². The van der Waals surface area contributed by atoms with Crippen LogP contribution >= 0.6 is 0 Å². The Labute approximate surface area is 60.3 Å². The highest BCUT2D eigenvalue weighted by Gasteiger charge is 2.39. The van der Waals surface area contributed by atoms with Gasteiger partial charge in [0.2, 0.25) is 6.08 Å². The maximum Gasteiger partial charge on any atom is 0.235 e. The first kappa shape index (κ1) is 6.11. The molecule has 2 aliphatic carbocycles. The molecule has 0 unspecified atom stereocenters. The van der Waals surface area contributed by atoms with Gasteiger partial charge in [-0.25, -0.2) is 9.79 Å². The standard InChI is InChI=1S/C8H11NO/c10-5-9-8-4-6-1-2-7(8)3-6/h6-8H,1-4H2/t6-,7+,8-/m0/s1. The number of carbonyl (C=O) groups excluding carboxylic acids is 1. The molecular formula is C8H11NO. The average Bonchev–Trinajstić information content (AvgIpc) is 2.48. The molecule has 0 N–H and O–H groups in total. The smallest absolute Gasteiger partial charge is 0.211 e. The van der Waals surface area contributed by atoms with E-state index in [-0.39, 0.29) is 0 Å². The highest BCUT2D eigenvalue weighted by molar-refractivity contribution is 5.34. The molecule has 0 amide bonds. The summed E-state index contributed by atoms with van der Waals surface area (Å²) < 4.78 is 0. The lowest BCUT2D eigenvalue weighted by molar-refractivity contribution is 0.417. The quantitative estimate of drug-likeness (QED) is 0.398. The van der Waals surface area contributed by atoms with Crippen molar-refractivity contribution < 1.29 is 4.79 Å². The average molecular weight is 137 g/mol. The molecule has 2 nitrogen and oxygen atoms in total. The van der Waals surface area contributed by atoms with Crippen molar-refractivity contribution in [3.63, 3.8) is 0 Å². The molecule has 0 saturated heterocycles. The Bertz CT molecular complexity index is 184. The number of hydrogen-bond acceptors (Lipinski definition) is 2. The lowest BCUT2D eigenvalue weighted by Crippen LogP contribution is -2.13. The van der Waals surface area contributed by atoms with E-state index >= 15 is 0 Å². The van der Waals surface area contributed by atoms with Gasteiger partial charge in [-0.05, 0) is 31.1 Å². The van der Waals surface area contributed by atoms with Crippen LogP contribution in [0.5, 0.6) is 0 Å². The van der Waals surface area contributed by atoms with Gasteiger partial charge in [0.05, 0.1) is 6.04 Å². The van der Waals surface area contributed by atoms with Crippen molar-refractivity contribution in [2.24, 2.45) is 16.8 Å². The zero-order chi connectivity index (χ0) is 6.97. The molecule has 0 aliphatic heterocycles. The van der Waals surface area contributed by atoms with Crippen molar-refractivity contribution in [2.75, 3.05) is 0 Å². The predicted molar refractivity (Wildman–Crippen MR) is 37.4 cm³/mol. The van der Waals surface area contributed by atoms with E-state index < -0.39 is 0 Å². The second-order valence-corrected chi connectivity index (χ2v) is 3.46. The van der Waals surface area contributed by atoms with Crippen molar-refractivity contribution >= 4 is 6.08 Å². The SMILES string of the molecule is O=C=N[C@H]1C[C@H]2CC[C@@H]1C2. The Morgan fingerprint density at radius 2 is 2.20 bits per heavy atom. The second kappa shape index (κ2) is 2.21. The summed E-state index contributed by atoms with van der Waals surface area (Å²) in [6.45, 7) is 0. The van der Waals surface area contributed by atoms with E-state index in [0.29, 0.717) is 6.04 Å². The van der Waals surface area contributed by atoms with E-state index in [0.717, 1.165) is 18.3 Å². The molecule has 2 rings (SSSR count). The fraction of sp³-hybridized carbons (Fsp3) is 0.875. The van der Waals surface area contributed by atoms with Gasteiger partial charge in [-0.2, -0.15) is 0 Å². The van der Waals surface area contributed by atoms with Gasteiger partial charge in [0.1, 0.15) is 0 Å². The Balaban J connectivity index is 2.08. The highest BCUT2D eigenvalue weighted by atomic mass is 16.1. The van der Waals surface area contributed by atoms with Gasteiger partial charge < -0.3 is 0 Å². The molecule has 0 heterocycles. The number of nitrogens with zero attached hydrogens (tertiary/aromatic N) is 1. The molecule has 0 aromatic rings. The van der Waals surface area contributed by atoms with Gasteiger partial charge in [-0.15, -0.1) is 0 Å². The third-order valence-corrected chi connectivity index (χ3v) is 2.92. The van der Waals surface area contributed by atoms with Crippen LogP contribution in [0.1, 0.15) is 25.7 Å². The van der Waals surface area contributed by atoms with Crippen LogP contribution in [0.4, 0.5) is 0 Å². The number of fused-ring (bicyclic) bond motifs is 2. The van der Waals surface area contributed by atoms with Gasteiger partial charge in [0.15, 0.2) is 0 Å². The van der Waals surface area contributed by atoms with E-state index in [4.69, 9.17) is 0 Å². The minimum absolute atomic E-state index is 0.344. The van der Waals surface area contributed by atoms with Crippen LogP contribution in [0.2, 0.25) is 0 Å². The number of aliphatic imine (C=N–C) groups is 1. The zero-order valence-corrected chi connectivity index (χ0v) is 5.92. The zero-order valence-electron chi connectivity index (χ0n) is 5.92. The first-order chi connectivity index (χ1) is 4.90. The second-order valence-electron chi connectivity index (χ2n) is 3.46. The Kier molecular flexibility index (Phi) is 1.35. The van der Waals surface area contributed by atoms with E-state index in [9.17, 15) is 4.79 Å². The molecule has 2 bridgehead atoms. The van der Waals surface area contributed by atoms with Gasteiger partial charge in [-0.3, -0.25) is 0 Å². The molecule has 0 aromatic heterocycles. The largest absolute Gasteiger partial charge is 0.235 e. The summed E-state index contributed by atoms with van der Waals surface area (Å²) in [5.74, 6) is 1.61. The third kappa shape index (κ3) is 0.800. The number of isocyanates is 1. The van der Waals surface area contributed by atoms with Crippen LogP contribution in [0.3, 0.4) is 0 Å². The molecule has 2 aliphatic rings. The van der Waals surface area contributed by atoms with E-state index in [1.165, 1.54) is 19.3 Å². The molecule has 0 spiro atoms. The molecule has 2 heteroatoms. The summed E-state index contributed by atoms with van der Waals surface area (Å²) in [4.78, 5) is 13.7. The van der Waals surface area contributed by atoms with Crippen molar-refractivity contribution in [2.45, 2.75) is 31.7 Å². The van der Waals surface area contributed by atoms with Crippen LogP contribution in [-0.4, -0.2) is 12.1 Å². The summed E-state index contributed by atoms with van der Waals surface area (Å²) >= 11 is 0. The maximum absolute atomic E-state index is 9.95. The van der Waals surface area contributed by atoms with Crippen molar-refractivity contribution in [1.29, 1.82) is 0 Å². The Hall–Kier alpha value is -0.620. The van der Waals surface area contributed by atoms with Crippen LogP contribution < -0.4 is 0 Å². The van der Waals surface area contributed by atoms with Gasteiger partial charge in [0.25, 0.3) is 0 Å². The maximum atomic E-state index is 9.95. The summed E-state index contributed by atoms with van der Waals surface area (Å²) in [6, 6.07) is 0.344. The van der Waals surface area contributed by atoms with Gasteiger partial charge in [-0.1, -0.05) is 6.42 Å². The monoisotopic (exact) mass is 137 g/mol. The normalized spacial score (nSPS) is 43.4. The lowest BCUT2D eigenvalue weighted by Gasteiger charge is -2.14. The molecule has 0 radical (unpaired) electrons. The van der Waals surface area contributed by atoms with Crippen molar-refractivity contribution in [3.8, 4) is 0 Å². The number of rotatable bonds is 1. The summed E-state index contributed by atoms with van der Waals surface area (Å²) in [5, 5.41) is 0. The lowest BCUT2D eigenvalue weighted by atomic mass is 9.96. The molecule has 3 atom stereocenters. The molecule has 0 aromatic carbocycles. The molecular weight excluding hydrogens is 126 g/mol. The number of hydrogen-bond donors (Lipinski definition) is 0. The summed E-state index contributed by atoms with van der Waals surface area (Å²) in [5.41, 5.74) is 0. The molecule has 54 valence electrons. The van der Waals surface area contributed by atoms with Crippen LogP contribution in [-0.2, 0) is 4.79 Å². The minimum atomic E-state index is 0.344.